The van der Waals surface area contributed by atoms with Crippen LogP contribution in [-0.2, 0) is 13.0 Å². The second-order valence-corrected chi connectivity index (χ2v) is 11.1. The molecule has 0 radical (unpaired) electrons. The third kappa shape index (κ3) is 7.46. The molecule has 6 rings (SSSR count). The van der Waals surface area contributed by atoms with Crippen molar-refractivity contribution in [3.05, 3.63) is 192 Å². The van der Waals surface area contributed by atoms with Gasteiger partial charge in [0.2, 0.25) is 0 Å². The van der Waals surface area contributed by atoms with Crippen molar-refractivity contribution in [2.24, 2.45) is 11.6 Å². The number of nitrogens with one attached hydrogen (secondary N) is 2. The second-order valence-electron chi connectivity index (χ2n) is 11.1. The smallest absolute Gasteiger partial charge is 0.0969 e. The molecule has 4 heteroatoms. The van der Waals surface area contributed by atoms with Crippen LogP contribution in [0.15, 0.2) is 164 Å². The van der Waals surface area contributed by atoms with Crippen LogP contribution < -0.4 is 22.3 Å². The zero-order valence-corrected chi connectivity index (χ0v) is 25.2. The van der Waals surface area contributed by atoms with Gasteiger partial charge in [-0.15, -0.1) is 0 Å². The van der Waals surface area contributed by atoms with Crippen molar-refractivity contribution in [3.63, 3.8) is 0 Å². The Morgan fingerprint density at radius 2 is 1.27 bits per heavy atom. The first-order valence-corrected chi connectivity index (χ1v) is 15.3. The molecule has 0 aliphatic carbocycles. The number of benzene rings is 6. The number of hydrogen-bond acceptors (Lipinski definition) is 4. The maximum absolute atomic E-state index is 6.70. The Morgan fingerprint density at radius 3 is 1.96 bits per heavy atom. The van der Waals surface area contributed by atoms with E-state index in [0.717, 1.165) is 56.3 Å². The first kappa shape index (κ1) is 29.8. The first-order chi connectivity index (χ1) is 22.2. The van der Waals surface area contributed by atoms with Gasteiger partial charge in [-0.3, -0.25) is 11.2 Å². The molecule has 6 aromatic rings. The Labute approximate surface area is 265 Å². The van der Waals surface area contributed by atoms with Crippen molar-refractivity contribution in [2.45, 2.75) is 19.1 Å². The Morgan fingerprint density at radius 1 is 0.622 bits per heavy atom. The van der Waals surface area contributed by atoms with E-state index in [-0.39, 0.29) is 6.17 Å². The second kappa shape index (κ2) is 14.5. The van der Waals surface area contributed by atoms with Gasteiger partial charge < -0.3 is 5.73 Å². The topological polar surface area (TPSA) is 76.1 Å². The van der Waals surface area contributed by atoms with Crippen LogP contribution in [0, 0.1) is 0 Å². The number of fused-ring (bicyclic) bond motifs is 1. The number of allylic oxidation sites excluding steroid dienone is 3. The molecular weight excluding hydrogens is 548 g/mol. The fraction of sp³-hybridized carbons (Fsp3) is 0.0732. The van der Waals surface area contributed by atoms with E-state index in [9.17, 15) is 0 Å². The van der Waals surface area contributed by atoms with Crippen molar-refractivity contribution in [2.75, 3.05) is 0 Å². The molecule has 222 valence electrons. The largest absolute Gasteiger partial charge is 0.398 e. The summed E-state index contributed by atoms with van der Waals surface area (Å²) in [5, 5.41) is 5.87. The van der Waals surface area contributed by atoms with Gasteiger partial charge in [0.25, 0.3) is 0 Å². The minimum absolute atomic E-state index is 0.203. The summed E-state index contributed by atoms with van der Waals surface area (Å²) in [6.07, 6.45) is 4.96. The summed E-state index contributed by atoms with van der Waals surface area (Å²) in [4.78, 5) is 0. The number of nitrogens with two attached hydrogens (primary N) is 2. The van der Waals surface area contributed by atoms with Gasteiger partial charge in [0.1, 0.15) is 0 Å². The summed E-state index contributed by atoms with van der Waals surface area (Å²) in [6, 6.07) is 52.6. The lowest BCUT2D eigenvalue weighted by Gasteiger charge is -2.20. The standard InChI is InChI=1S/C41H38N4/c42-40(28-37(32-15-8-3-9-16-32)20-19-30-11-4-1-5-12-30)35-24-21-33(22-25-35)36-26-23-34-17-10-18-38(39(34)27-36)41(45-43)44-29-31-13-6-2-7-14-31/h1-18,20-28,41,44-45H,19,29,42-43H2/b37-20+,40-28-. The predicted molar refractivity (Wildman–Crippen MR) is 189 cm³/mol. The predicted octanol–water partition coefficient (Wildman–Crippen LogP) is 8.38. The average Bonchev–Trinajstić information content (AvgIpc) is 3.11. The molecular formula is C41H38N4. The number of hydrazine groups is 1. The van der Waals surface area contributed by atoms with E-state index in [4.69, 9.17) is 11.6 Å². The molecule has 0 aromatic heterocycles. The highest BCUT2D eigenvalue weighted by molar-refractivity contribution is 5.90. The van der Waals surface area contributed by atoms with E-state index in [2.05, 4.69) is 144 Å². The van der Waals surface area contributed by atoms with Gasteiger partial charge >= 0.3 is 0 Å². The molecule has 6 aromatic carbocycles. The van der Waals surface area contributed by atoms with E-state index >= 15 is 0 Å². The van der Waals surface area contributed by atoms with Gasteiger partial charge in [-0.1, -0.05) is 152 Å². The fourth-order valence-corrected chi connectivity index (χ4v) is 5.64. The highest BCUT2D eigenvalue weighted by atomic mass is 15.3. The van der Waals surface area contributed by atoms with Crippen LogP contribution in [0.3, 0.4) is 0 Å². The Hall–Kier alpha value is -5.26. The van der Waals surface area contributed by atoms with Gasteiger partial charge in [0.05, 0.1) is 6.17 Å². The summed E-state index contributed by atoms with van der Waals surface area (Å²) < 4.78 is 0. The van der Waals surface area contributed by atoms with Crippen molar-refractivity contribution in [3.8, 4) is 11.1 Å². The number of rotatable bonds is 11. The molecule has 0 aliphatic rings. The molecule has 0 saturated carbocycles. The van der Waals surface area contributed by atoms with Crippen molar-refractivity contribution < 1.29 is 0 Å². The summed E-state index contributed by atoms with van der Waals surface area (Å²) in [5.74, 6) is 6.04. The van der Waals surface area contributed by atoms with Gasteiger partial charge in [-0.25, -0.2) is 5.43 Å². The van der Waals surface area contributed by atoms with Crippen molar-refractivity contribution >= 4 is 22.0 Å². The van der Waals surface area contributed by atoms with Crippen LogP contribution in [-0.4, -0.2) is 0 Å². The molecule has 0 heterocycles. The molecule has 0 spiro atoms. The summed E-state index contributed by atoms with van der Waals surface area (Å²) in [7, 11) is 0. The van der Waals surface area contributed by atoms with Crippen LogP contribution in [0.25, 0.3) is 33.2 Å². The molecule has 1 atom stereocenters. The van der Waals surface area contributed by atoms with Gasteiger partial charge in [0, 0.05) is 12.2 Å². The quantitative estimate of drug-likeness (QED) is 0.0532. The zero-order chi connectivity index (χ0) is 30.8. The van der Waals surface area contributed by atoms with Crippen molar-refractivity contribution in [1.82, 2.24) is 10.7 Å². The molecule has 1 unspecified atom stereocenters. The fourth-order valence-electron chi connectivity index (χ4n) is 5.64. The SMILES string of the molecule is NNC(NCc1ccccc1)c1cccc2ccc(-c3ccc(/C(N)=C/C(=C\Cc4ccccc4)c4ccccc4)cc3)cc12. The average molecular weight is 587 g/mol. The zero-order valence-electron chi connectivity index (χ0n) is 25.2. The molecule has 0 aliphatic heterocycles. The van der Waals surface area contributed by atoms with Gasteiger partial charge in [-0.2, -0.15) is 0 Å². The first-order valence-electron chi connectivity index (χ1n) is 15.3. The lowest BCUT2D eigenvalue weighted by atomic mass is 9.96. The van der Waals surface area contributed by atoms with E-state index < -0.39 is 0 Å². The van der Waals surface area contributed by atoms with Crippen LogP contribution in [0.5, 0.6) is 0 Å². The van der Waals surface area contributed by atoms with E-state index in [1.165, 1.54) is 11.1 Å². The monoisotopic (exact) mass is 586 g/mol. The molecule has 6 N–H and O–H groups in total. The summed E-state index contributed by atoms with van der Waals surface area (Å²) in [5.41, 5.74) is 19.5. The van der Waals surface area contributed by atoms with Crippen LogP contribution in [0.2, 0.25) is 0 Å². The van der Waals surface area contributed by atoms with Crippen LogP contribution in [0.4, 0.5) is 0 Å². The minimum atomic E-state index is -0.203. The normalized spacial score (nSPS) is 12.7. The van der Waals surface area contributed by atoms with Crippen molar-refractivity contribution in [1.29, 1.82) is 0 Å². The van der Waals surface area contributed by atoms with E-state index in [1.807, 2.05) is 30.3 Å². The highest BCUT2D eigenvalue weighted by Gasteiger charge is 2.13. The third-order valence-electron chi connectivity index (χ3n) is 8.12. The van der Waals surface area contributed by atoms with Crippen LogP contribution in [0.1, 0.15) is 34.0 Å². The molecule has 45 heavy (non-hydrogen) atoms. The molecule has 0 fully saturated rings. The summed E-state index contributed by atoms with van der Waals surface area (Å²) >= 11 is 0. The Kier molecular flexibility index (Phi) is 9.58. The molecule has 4 nitrogen and oxygen atoms in total. The Bertz CT molecular complexity index is 1900. The lowest BCUT2D eigenvalue weighted by Crippen LogP contribution is -2.38. The van der Waals surface area contributed by atoms with Gasteiger partial charge in [-0.05, 0) is 73.9 Å². The van der Waals surface area contributed by atoms with Crippen LogP contribution >= 0.6 is 0 Å². The van der Waals surface area contributed by atoms with Gasteiger partial charge in [0.15, 0.2) is 0 Å². The summed E-state index contributed by atoms with van der Waals surface area (Å²) in [6.45, 7) is 0.704. The molecule has 0 amide bonds. The third-order valence-corrected chi connectivity index (χ3v) is 8.12. The highest BCUT2D eigenvalue weighted by Crippen LogP contribution is 2.30. The molecule has 0 bridgehead atoms. The van der Waals surface area contributed by atoms with E-state index in [1.54, 1.807) is 0 Å². The molecule has 0 saturated heterocycles. The number of hydrogen-bond donors (Lipinski definition) is 4. The maximum atomic E-state index is 6.70. The minimum Gasteiger partial charge on any atom is -0.398 e. The van der Waals surface area contributed by atoms with E-state index in [0.29, 0.717) is 6.54 Å². The maximum Gasteiger partial charge on any atom is 0.0969 e. The lowest BCUT2D eigenvalue weighted by molar-refractivity contribution is 0.451. The Balaban J connectivity index is 1.25.